The summed E-state index contributed by atoms with van der Waals surface area (Å²) in [6.45, 7) is 2.74. The second-order valence-corrected chi connectivity index (χ2v) is 5.47. The number of anilines is 1. The highest BCUT2D eigenvalue weighted by atomic mass is 79.9. The number of benzene rings is 1. The lowest BCUT2D eigenvalue weighted by molar-refractivity contribution is 0.282. The van der Waals surface area contributed by atoms with Crippen LogP contribution in [0.5, 0.6) is 0 Å². The largest absolute Gasteiger partial charge is 0.392 e. The van der Waals surface area contributed by atoms with Crippen LogP contribution in [0, 0.1) is 6.92 Å². The number of aromatic nitrogens is 1. The van der Waals surface area contributed by atoms with Crippen LogP contribution < -0.4 is 4.90 Å². The summed E-state index contributed by atoms with van der Waals surface area (Å²) in [6.07, 6.45) is 0. The molecule has 0 saturated carbocycles. The molecule has 1 N–H and O–H groups in total. The van der Waals surface area contributed by atoms with E-state index in [-0.39, 0.29) is 6.61 Å². The van der Waals surface area contributed by atoms with Crippen LogP contribution in [0.15, 0.2) is 40.9 Å². The van der Waals surface area contributed by atoms with Crippen LogP contribution in [0.4, 0.5) is 5.69 Å². The summed E-state index contributed by atoms with van der Waals surface area (Å²) in [4.78, 5) is 6.60. The van der Waals surface area contributed by atoms with E-state index < -0.39 is 0 Å². The van der Waals surface area contributed by atoms with Gasteiger partial charge < -0.3 is 10.0 Å². The minimum absolute atomic E-state index is 0.0359. The molecule has 0 saturated heterocycles. The first-order chi connectivity index (χ1) is 9.10. The second kappa shape index (κ2) is 6.17. The van der Waals surface area contributed by atoms with Gasteiger partial charge in [-0.2, -0.15) is 0 Å². The maximum atomic E-state index is 9.41. The third-order valence-corrected chi connectivity index (χ3v) is 3.47. The Morgan fingerprint density at radius 2 is 2.05 bits per heavy atom. The Morgan fingerprint density at radius 1 is 1.26 bits per heavy atom. The van der Waals surface area contributed by atoms with Gasteiger partial charge in [-0.3, -0.25) is 4.98 Å². The van der Waals surface area contributed by atoms with E-state index in [0.717, 1.165) is 27.1 Å². The zero-order valence-electron chi connectivity index (χ0n) is 11.1. The van der Waals surface area contributed by atoms with Gasteiger partial charge in [0.1, 0.15) is 0 Å². The van der Waals surface area contributed by atoms with Crippen molar-refractivity contribution in [1.29, 1.82) is 0 Å². The maximum absolute atomic E-state index is 9.41. The number of aryl methyl sites for hydroxylation is 1. The highest BCUT2D eigenvalue weighted by molar-refractivity contribution is 9.10. The quantitative estimate of drug-likeness (QED) is 0.939. The highest BCUT2D eigenvalue weighted by Crippen LogP contribution is 2.25. The van der Waals surface area contributed by atoms with E-state index in [1.807, 2.05) is 50.4 Å². The van der Waals surface area contributed by atoms with E-state index in [2.05, 4.69) is 25.8 Å². The molecule has 1 aromatic carbocycles. The van der Waals surface area contributed by atoms with E-state index in [1.54, 1.807) is 0 Å². The minimum atomic E-state index is 0.0359. The molecular formula is C15H17BrN2O. The summed E-state index contributed by atoms with van der Waals surface area (Å²) in [5.74, 6) is 0. The summed E-state index contributed by atoms with van der Waals surface area (Å²) in [6, 6.07) is 11.9. The first-order valence-corrected chi connectivity index (χ1v) is 6.92. The molecule has 2 rings (SSSR count). The lowest BCUT2D eigenvalue weighted by Gasteiger charge is -2.22. The van der Waals surface area contributed by atoms with Crippen LogP contribution >= 0.6 is 15.9 Å². The van der Waals surface area contributed by atoms with Crippen molar-refractivity contribution in [3.05, 3.63) is 57.8 Å². The Morgan fingerprint density at radius 3 is 2.74 bits per heavy atom. The first-order valence-electron chi connectivity index (χ1n) is 6.13. The third-order valence-electron chi connectivity index (χ3n) is 2.97. The number of aliphatic hydroxyl groups is 1. The second-order valence-electron chi connectivity index (χ2n) is 4.56. The fourth-order valence-corrected chi connectivity index (χ4v) is 2.39. The Hall–Kier alpha value is -1.39. The van der Waals surface area contributed by atoms with E-state index in [0.29, 0.717) is 6.54 Å². The van der Waals surface area contributed by atoms with Crippen molar-refractivity contribution in [3.8, 4) is 0 Å². The molecule has 1 heterocycles. The number of hydrogen-bond donors (Lipinski definition) is 1. The van der Waals surface area contributed by atoms with Gasteiger partial charge in [-0.05, 0) is 31.2 Å². The van der Waals surface area contributed by atoms with Gasteiger partial charge in [-0.15, -0.1) is 0 Å². The standard InChI is InChI=1S/C15H17BrN2O/c1-11-4-3-5-14(17-11)9-18(2)15-8-13(16)7-6-12(15)10-19/h3-8,19H,9-10H2,1-2H3. The van der Waals surface area contributed by atoms with Crippen LogP contribution in [0.2, 0.25) is 0 Å². The number of aliphatic hydroxyl groups excluding tert-OH is 1. The summed E-state index contributed by atoms with van der Waals surface area (Å²) in [5.41, 5.74) is 3.97. The fourth-order valence-electron chi connectivity index (χ4n) is 2.04. The molecule has 0 spiro atoms. The van der Waals surface area contributed by atoms with Crippen LogP contribution in [0.3, 0.4) is 0 Å². The minimum Gasteiger partial charge on any atom is -0.392 e. The average molecular weight is 321 g/mol. The molecule has 0 aliphatic carbocycles. The molecule has 1 aromatic heterocycles. The molecule has 0 amide bonds. The number of nitrogens with zero attached hydrogens (tertiary/aromatic N) is 2. The van der Waals surface area contributed by atoms with Gasteiger partial charge in [0.15, 0.2) is 0 Å². The predicted octanol–water partition coefficient (Wildman–Crippen LogP) is 3.28. The molecular weight excluding hydrogens is 304 g/mol. The van der Waals surface area contributed by atoms with Crippen molar-refractivity contribution in [2.75, 3.05) is 11.9 Å². The van der Waals surface area contributed by atoms with Crippen LogP contribution in [-0.2, 0) is 13.2 Å². The van der Waals surface area contributed by atoms with Crippen LogP contribution in [-0.4, -0.2) is 17.1 Å². The SMILES string of the molecule is Cc1cccc(CN(C)c2cc(Br)ccc2CO)n1. The van der Waals surface area contributed by atoms with Gasteiger partial charge >= 0.3 is 0 Å². The van der Waals surface area contributed by atoms with E-state index in [4.69, 9.17) is 0 Å². The topological polar surface area (TPSA) is 36.4 Å². The van der Waals surface area contributed by atoms with Gasteiger partial charge in [0.25, 0.3) is 0 Å². The Bertz CT molecular complexity index is 572. The van der Waals surface area contributed by atoms with Crippen molar-refractivity contribution in [2.45, 2.75) is 20.1 Å². The van der Waals surface area contributed by atoms with Crippen molar-refractivity contribution in [3.63, 3.8) is 0 Å². The first kappa shape index (κ1) is 14.0. The Balaban J connectivity index is 2.24. The van der Waals surface area contributed by atoms with Gasteiger partial charge in [-0.25, -0.2) is 0 Å². The van der Waals surface area contributed by atoms with Gasteiger partial charge in [-0.1, -0.05) is 28.1 Å². The van der Waals surface area contributed by atoms with Crippen LogP contribution in [0.1, 0.15) is 17.0 Å². The van der Waals surface area contributed by atoms with Crippen molar-refractivity contribution >= 4 is 21.6 Å². The number of pyridine rings is 1. The number of hydrogen-bond acceptors (Lipinski definition) is 3. The average Bonchev–Trinajstić information content (AvgIpc) is 2.38. The lowest BCUT2D eigenvalue weighted by atomic mass is 10.1. The molecule has 0 aliphatic rings. The molecule has 0 atom stereocenters. The monoisotopic (exact) mass is 320 g/mol. The van der Waals surface area contributed by atoms with E-state index in [1.165, 1.54) is 0 Å². The van der Waals surface area contributed by atoms with Crippen molar-refractivity contribution in [1.82, 2.24) is 4.98 Å². The molecule has 0 bridgehead atoms. The van der Waals surface area contributed by atoms with Crippen LogP contribution in [0.25, 0.3) is 0 Å². The molecule has 4 heteroatoms. The molecule has 0 radical (unpaired) electrons. The van der Waals surface area contributed by atoms with E-state index in [9.17, 15) is 5.11 Å². The lowest BCUT2D eigenvalue weighted by Crippen LogP contribution is -2.19. The molecule has 100 valence electrons. The number of halogens is 1. The van der Waals surface area contributed by atoms with Gasteiger partial charge in [0, 0.05) is 28.5 Å². The number of rotatable bonds is 4. The molecule has 2 aromatic rings. The Labute approximate surface area is 122 Å². The molecule has 19 heavy (non-hydrogen) atoms. The summed E-state index contributed by atoms with van der Waals surface area (Å²) in [7, 11) is 2.00. The molecule has 0 aliphatic heterocycles. The maximum Gasteiger partial charge on any atom is 0.0702 e. The zero-order valence-corrected chi connectivity index (χ0v) is 12.7. The normalized spacial score (nSPS) is 10.5. The highest BCUT2D eigenvalue weighted by Gasteiger charge is 2.09. The third kappa shape index (κ3) is 3.55. The van der Waals surface area contributed by atoms with E-state index >= 15 is 0 Å². The van der Waals surface area contributed by atoms with Gasteiger partial charge in [0.2, 0.25) is 0 Å². The Kier molecular flexibility index (Phi) is 4.56. The zero-order chi connectivity index (χ0) is 13.8. The fraction of sp³-hybridized carbons (Fsp3) is 0.267. The molecule has 0 fully saturated rings. The van der Waals surface area contributed by atoms with Crippen molar-refractivity contribution in [2.24, 2.45) is 0 Å². The van der Waals surface area contributed by atoms with Gasteiger partial charge in [0.05, 0.1) is 18.8 Å². The summed E-state index contributed by atoms with van der Waals surface area (Å²) < 4.78 is 1.00. The molecule has 3 nitrogen and oxygen atoms in total. The molecule has 0 unspecified atom stereocenters. The predicted molar refractivity (Wildman–Crippen MR) is 81.1 cm³/mol. The van der Waals surface area contributed by atoms with Crippen molar-refractivity contribution < 1.29 is 5.11 Å². The summed E-state index contributed by atoms with van der Waals surface area (Å²) >= 11 is 3.47. The smallest absolute Gasteiger partial charge is 0.0702 e. The summed E-state index contributed by atoms with van der Waals surface area (Å²) in [5, 5.41) is 9.41.